The summed E-state index contributed by atoms with van der Waals surface area (Å²) in [5.41, 5.74) is 6.66. The summed E-state index contributed by atoms with van der Waals surface area (Å²) < 4.78 is 0. The van der Waals surface area contributed by atoms with Gasteiger partial charge in [0.15, 0.2) is 11.5 Å². The lowest BCUT2D eigenvalue weighted by Crippen LogP contribution is -2.41. The molecule has 2 aliphatic rings. The molecule has 3 rings (SSSR count). The van der Waals surface area contributed by atoms with E-state index in [0.717, 1.165) is 0 Å². The number of Topliss-reactive ketones (excluding diaryl/α,β-unsaturated/α-hetero) is 1. The number of hydrogen-bond donors (Lipinski definition) is 3. The molecule has 0 aromatic heterocycles. The zero-order valence-electron chi connectivity index (χ0n) is 17.5. The van der Waals surface area contributed by atoms with Gasteiger partial charge in [-0.2, -0.15) is 0 Å². The van der Waals surface area contributed by atoms with Crippen molar-refractivity contribution in [2.24, 2.45) is 11.1 Å². The normalized spacial score (nSPS) is 20.6. The fourth-order valence-corrected chi connectivity index (χ4v) is 4.67. The maximum Gasteiger partial charge on any atom is 0.269 e. The Balaban J connectivity index is 2.41. The SMILES string of the molecule is C=CNC1=C(C(N)=O)N(C(C)=O)C(c2ccc(Cl)cc2Cl)C2=C(CC(C)(C)CC2=O)N1. The zero-order valence-corrected chi connectivity index (χ0v) is 19.0. The van der Waals surface area contributed by atoms with Crippen LogP contribution in [0.4, 0.5) is 0 Å². The van der Waals surface area contributed by atoms with Crippen LogP contribution in [0.3, 0.4) is 0 Å². The van der Waals surface area contributed by atoms with Crippen LogP contribution in [-0.4, -0.2) is 22.5 Å². The zero-order chi connectivity index (χ0) is 23.1. The third-order valence-electron chi connectivity index (χ3n) is 5.28. The Morgan fingerprint density at radius 2 is 2.00 bits per heavy atom. The van der Waals surface area contributed by atoms with Crippen LogP contribution in [0.1, 0.15) is 45.2 Å². The van der Waals surface area contributed by atoms with E-state index in [4.69, 9.17) is 28.9 Å². The number of amides is 2. The Labute approximate surface area is 190 Å². The molecule has 0 saturated carbocycles. The minimum absolute atomic E-state index is 0.122. The van der Waals surface area contributed by atoms with E-state index >= 15 is 0 Å². The van der Waals surface area contributed by atoms with Crippen molar-refractivity contribution in [3.8, 4) is 0 Å². The standard InChI is InChI=1S/C22H24Cl2N4O3/c1-5-26-21-19(20(25)31)28(11(2)29)18(13-7-6-12(23)8-14(13)24)17-15(27-21)9-22(3,4)10-16(17)30/h5-8,18,26-27H,1,9-10H2,2-4H3,(H2,25,31). The molecule has 1 aromatic carbocycles. The maximum atomic E-state index is 13.4. The Bertz CT molecular complexity index is 1060. The van der Waals surface area contributed by atoms with Crippen LogP contribution < -0.4 is 16.4 Å². The van der Waals surface area contributed by atoms with Crippen molar-refractivity contribution in [3.63, 3.8) is 0 Å². The average Bonchev–Trinajstić information content (AvgIpc) is 2.75. The molecule has 0 fully saturated rings. The van der Waals surface area contributed by atoms with Gasteiger partial charge in [0.1, 0.15) is 5.82 Å². The molecule has 0 bridgehead atoms. The number of carbonyl (C=O) groups excluding carboxylic acids is 3. The van der Waals surface area contributed by atoms with Gasteiger partial charge in [0.2, 0.25) is 5.91 Å². The molecule has 0 saturated heterocycles. The van der Waals surface area contributed by atoms with Gasteiger partial charge < -0.3 is 16.4 Å². The molecule has 4 N–H and O–H groups in total. The minimum atomic E-state index is -0.958. The Morgan fingerprint density at radius 1 is 1.32 bits per heavy atom. The van der Waals surface area contributed by atoms with Crippen LogP contribution in [0.5, 0.6) is 0 Å². The van der Waals surface area contributed by atoms with E-state index < -0.39 is 17.9 Å². The predicted molar refractivity (Wildman–Crippen MR) is 119 cm³/mol. The summed E-state index contributed by atoms with van der Waals surface area (Å²) in [7, 11) is 0. The van der Waals surface area contributed by atoms with Gasteiger partial charge in [-0.1, -0.05) is 49.7 Å². The van der Waals surface area contributed by atoms with Crippen LogP contribution in [-0.2, 0) is 14.4 Å². The molecule has 1 aromatic rings. The first-order chi connectivity index (χ1) is 14.5. The highest BCUT2D eigenvalue weighted by Crippen LogP contribution is 2.46. The van der Waals surface area contributed by atoms with E-state index in [1.165, 1.54) is 24.1 Å². The minimum Gasteiger partial charge on any atom is -0.364 e. The number of rotatable bonds is 4. The van der Waals surface area contributed by atoms with Crippen molar-refractivity contribution >= 4 is 40.8 Å². The summed E-state index contributed by atoms with van der Waals surface area (Å²) in [5, 5.41) is 6.66. The molecule has 0 radical (unpaired) electrons. The van der Waals surface area contributed by atoms with Gasteiger partial charge in [0.05, 0.1) is 6.04 Å². The highest BCUT2D eigenvalue weighted by atomic mass is 35.5. The summed E-state index contributed by atoms with van der Waals surface area (Å²) in [4.78, 5) is 40.0. The van der Waals surface area contributed by atoms with Crippen molar-refractivity contribution in [1.82, 2.24) is 15.5 Å². The van der Waals surface area contributed by atoms with Crippen molar-refractivity contribution in [2.75, 3.05) is 0 Å². The highest BCUT2D eigenvalue weighted by Gasteiger charge is 2.45. The molecule has 1 atom stereocenters. The molecule has 9 heteroatoms. The number of benzene rings is 1. The molecule has 1 unspecified atom stereocenters. The molecular formula is C22H24Cl2N4O3. The Morgan fingerprint density at radius 3 is 2.55 bits per heavy atom. The van der Waals surface area contributed by atoms with Gasteiger partial charge in [-0.15, -0.1) is 0 Å². The number of primary amides is 1. The lowest BCUT2D eigenvalue weighted by molar-refractivity contribution is -0.132. The van der Waals surface area contributed by atoms with E-state index in [-0.39, 0.29) is 34.2 Å². The van der Waals surface area contributed by atoms with Crippen molar-refractivity contribution in [1.29, 1.82) is 0 Å². The van der Waals surface area contributed by atoms with Crippen LogP contribution in [0.15, 0.2) is 53.8 Å². The number of ketones is 1. The second-order valence-electron chi connectivity index (χ2n) is 8.35. The highest BCUT2D eigenvalue weighted by molar-refractivity contribution is 6.35. The van der Waals surface area contributed by atoms with Crippen LogP contribution in [0, 0.1) is 5.41 Å². The van der Waals surface area contributed by atoms with Gasteiger partial charge >= 0.3 is 0 Å². The van der Waals surface area contributed by atoms with Gasteiger partial charge in [0, 0.05) is 34.7 Å². The number of carbonyl (C=O) groups is 3. The molecule has 1 aliphatic carbocycles. The van der Waals surface area contributed by atoms with E-state index in [2.05, 4.69) is 17.2 Å². The quantitative estimate of drug-likeness (QED) is 0.634. The van der Waals surface area contributed by atoms with Gasteiger partial charge in [-0.3, -0.25) is 19.3 Å². The Kier molecular flexibility index (Phi) is 6.21. The van der Waals surface area contributed by atoms with Gasteiger partial charge in [-0.05, 0) is 35.7 Å². The summed E-state index contributed by atoms with van der Waals surface area (Å²) in [6, 6.07) is 3.84. The number of nitrogens with two attached hydrogens (primary N) is 1. The third kappa shape index (κ3) is 4.34. The summed E-state index contributed by atoms with van der Waals surface area (Å²) >= 11 is 12.6. The molecule has 1 aliphatic heterocycles. The molecule has 164 valence electrons. The van der Waals surface area contributed by atoms with Crippen molar-refractivity contribution in [3.05, 3.63) is 69.4 Å². The summed E-state index contributed by atoms with van der Waals surface area (Å²) in [5.74, 6) is -1.32. The second kappa shape index (κ2) is 8.40. The van der Waals surface area contributed by atoms with Crippen molar-refractivity contribution in [2.45, 2.75) is 39.7 Å². The molecule has 0 spiro atoms. The number of nitrogens with zero attached hydrogens (tertiary/aromatic N) is 1. The van der Waals surface area contributed by atoms with E-state index in [9.17, 15) is 14.4 Å². The average molecular weight is 463 g/mol. The maximum absolute atomic E-state index is 13.4. The number of nitrogens with one attached hydrogen (secondary N) is 2. The van der Waals surface area contributed by atoms with Crippen LogP contribution >= 0.6 is 23.2 Å². The van der Waals surface area contributed by atoms with E-state index in [0.29, 0.717) is 28.3 Å². The fourth-order valence-electron chi connectivity index (χ4n) is 4.16. The van der Waals surface area contributed by atoms with Gasteiger partial charge in [0.25, 0.3) is 5.91 Å². The molecule has 7 nitrogen and oxygen atoms in total. The first-order valence-corrected chi connectivity index (χ1v) is 10.4. The largest absolute Gasteiger partial charge is 0.364 e. The predicted octanol–water partition coefficient (Wildman–Crippen LogP) is 3.52. The van der Waals surface area contributed by atoms with Crippen molar-refractivity contribution < 1.29 is 14.4 Å². The molecule has 31 heavy (non-hydrogen) atoms. The van der Waals surface area contributed by atoms with Crippen LogP contribution in [0.25, 0.3) is 0 Å². The second-order valence-corrected chi connectivity index (χ2v) is 9.20. The molecule has 1 heterocycles. The third-order valence-corrected chi connectivity index (χ3v) is 5.84. The van der Waals surface area contributed by atoms with Gasteiger partial charge in [-0.25, -0.2) is 0 Å². The first-order valence-electron chi connectivity index (χ1n) is 9.66. The fraction of sp³-hybridized carbons (Fsp3) is 0.318. The monoisotopic (exact) mass is 462 g/mol. The summed E-state index contributed by atoms with van der Waals surface area (Å²) in [6.07, 6.45) is 2.14. The smallest absolute Gasteiger partial charge is 0.269 e. The number of hydrogen-bond acceptors (Lipinski definition) is 5. The van der Waals surface area contributed by atoms with Crippen LogP contribution in [0.2, 0.25) is 10.0 Å². The summed E-state index contributed by atoms with van der Waals surface area (Å²) in [6.45, 7) is 8.90. The molecule has 2 amide bonds. The lowest BCUT2D eigenvalue weighted by atomic mass is 9.73. The lowest BCUT2D eigenvalue weighted by Gasteiger charge is -2.37. The topological polar surface area (TPSA) is 105 Å². The van der Waals surface area contributed by atoms with E-state index in [1.807, 2.05) is 13.8 Å². The number of halogens is 2. The first kappa shape index (κ1) is 22.9. The van der Waals surface area contributed by atoms with E-state index in [1.54, 1.807) is 12.1 Å². The number of allylic oxidation sites excluding steroid dienone is 1. The Hall–Kier alpha value is -2.77. The molecular weight excluding hydrogens is 439 g/mol.